The lowest BCUT2D eigenvalue weighted by Crippen LogP contribution is -2.45. The van der Waals surface area contributed by atoms with Gasteiger partial charge in [-0.2, -0.15) is 13.5 Å². The first-order chi connectivity index (χ1) is 12.9. The van der Waals surface area contributed by atoms with Crippen molar-refractivity contribution >= 4 is 25.6 Å². The number of hydrogen-bond acceptors (Lipinski definition) is 5. The molecule has 7 nitrogen and oxygen atoms in total. The van der Waals surface area contributed by atoms with Crippen LogP contribution in [0.4, 0.5) is 4.79 Å². The lowest BCUT2D eigenvalue weighted by molar-refractivity contribution is -0.140. The molecule has 0 aliphatic carbocycles. The smallest absolute Gasteiger partial charge is 0.413 e. The van der Waals surface area contributed by atoms with Gasteiger partial charge in [-0.25, -0.2) is 9.59 Å². The van der Waals surface area contributed by atoms with E-state index in [0.717, 1.165) is 31.5 Å². The largest absolute Gasteiger partial charge is 0.480 e. The molecule has 1 aliphatic heterocycles. The molecule has 1 aliphatic rings. The molecule has 1 aromatic carbocycles. The number of aliphatic carboxylic acids is 1. The number of rotatable bonds is 7. The number of methoxy groups -OCH3 is 1. The molecule has 158 valence electrons. The van der Waals surface area contributed by atoms with Crippen molar-refractivity contribution in [3.8, 4) is 5.75 Å². The van der Waals surface area contributed by atoms with Crippen molar-refractivity contribution in [1.29, 1.82) is 0 Å². The van der Waals surface area contributed by atoms with Gasteiger partial charge in [0.2, 0.25) is 0 Å². The molecule has 0 aromatic heterocycles. The van der Waals surface area contributed by atoms with Gasteiger partial charge in [0.05, 0.1) is 6.61 Å². The van der Waals surface area contributed by atoms with Crippen LogP contribution in [0, 0.1) is 0 Å². The van der Waals surface area contributed by atoms with Gasteiger partial charge < -0.3 is 24.8 Å². The molecule has 1 fully saturated rings. The zero-order chi connectivity index (χ0) is 19.9. The number of nitrogens with one attached hydrogen (secondary N) is 1. The Balaban J connectivity index is 0.00000392. The molecule has 8 heteroatoms. The van der Waals surface area contributed by atoms with Crippen LogP contribution in [0.25, 0.3) is 0 Å². The Hall–Kier alpha value is -1.77. The van der Waals surface area contributed by atoms with E-state index in [1.54, 1.807) is 6.07 Å². The summed E-state index contributed by atoms with van der Waals surface area (Å²) in [4.78, 5) is 25.6. The third-order valence-corrected chi connectivity index (χ3v) is 5.27. The average molecular weight is 413 g/mol. The maximum Gasteiger partial charge on any atom is 0.413 e. The number of carbonyl (C=O) groups excluding carboxylic acids is 1. The summed E-state index contributed by atoms with van der Waals surface area (Å²) in [6.45, 7) is 4.13. The normalized spacial score (nSPS) is 21.1. The number of benzene rings is 1. The van der Waals surface area contributed by atoms with Gasteiger partial charge in [-0.1, -0.05) is 25.5 Å². The maximum atomic E-state index is 12.1. The summed E-state index contributed by atoms with van der Waals surface area (Å²) in [7, 11) is 3.52. The van der Waals surface area contributed by atoms with Crippen LogP contribution in [0.15, 0.2) is 24.3 Å². The number of likely N-dealkylation sites (N-methyl/N-ethyl adjacent to an activating group) is 1. The third kappa shape index (κ3) is 6.39. The van der Waals surface area contributed by atoms with E-state index in [0.29, 0.717) is 5.75 Å². The topological polar surface area (TPSA) is 88.1 Å². The molecule has 2 atom stereocenters. The Kier molecular flexibility index (Phi) is 9.78. The number of carbonyl (C=O) groups is 2. The highest BCUT2D eigenvalue weighted by molar-refractivity contribution is 7.59. The summed E-state index contributed by atoms with van der Waals surface area (Å²) in [6.07, 6.45) is 3.65. The summed E-state index contributed by atoms with van der Waals surface area (Å²) < 4.78 is 10.1. The van der Waals surface area contributed by atoms with Crippen molar-refractivity contribution in [2.45, 2.75) is 44.1 Å². The van der Waals surface area contributed by atoms with E-state index in [9.17, 15) is 9.59 Å². The molecule has 0 spiro atoms. The van der Waals surface area contributed by atoms with Crippen LogP contribution >= 0.6 is 13.5 Å². The van der Waals surface area contributed by atoms with Crippen molar-refractivity contribution in [3.05, 3.63) is 29.8 Å². The minimum Gasteiger partial charge on any atom is -0.480 e. The van der Waals surface area contributed by atoms with Gasteiger partial charge in [0, 0.05) is 19.1 Å². The van der Waals surface area contributed by atoms with E-state index in [1.165, 1.54) is 20.0 Å². The van der Waals surface area contributed by atoms with Crippen LogP contribution in [-0.4, -0.2) is 62.0 Å². The summed E-state index contributed by atoms with van der Waals surface area (Å²) in [5.41, 5.74) is 1.18. The van der Waals surface area contributed by atoms with E-state index < -0.39 is 18.1 Å². The molecule has 2 rings (SSSR count). The van der Waals surface area contributed by atoms with Crippen LogP contribution < -0.4 is 10.1 Å². The summed E-state index contributed by atoms with van der Waals surface area (Å²) in [5.74, 6) is -0.764. The molecule has 1 aromatic rings. The standard InChI is InChI=1S/C20H30N2O5.H2S/c1-4-20(10-5-6-11-22(2)14-20)15-8-7-9-16(12-15)27-19(25)21-17(13-26-3)18(23)24;/h7-9,12,17H,4-6,10-11,13-14H2,1-3H3,(H,21,25)(H,23,24);1H2/t17-,20?;/m0./s1. The number of nitrogens with zero attached hydrogens (tertiary/aromatic N) is 1. The summed E-state index contributed by atoms with van der Waals surface area (Å²) in [6, 6.07) is 6.42. The van der Waals surface area contributed by atoms with Gasteiger partial charge in [0.1, 0.15) is 5.75 Å². The number of ether oxygens (including phenoxy) is 2. The highest BCUT2D eigenvalue weighted by Gasteiger charge is 2.33. The Morgan fingerprint density at radius 1 is 1.36 bits per heavy atom. The fourth-order valence-electron chi connectivity index (χ4n) is 3.76. The van der Waals surface area contributed by atoms with E-state index in [1.807, 2.05) is 12.1 Å². The van der Waals surface area contributed by atoms with E-state index >= 15 is 0 Å². The van der Waals surface area contributed by atoms with Gasteiger partial charge in [-0.15, -0.1) is 0 Å². The second-order valence-corrected chi connectivity index (χ2v) is 7.24. The molecule has 0 bridgehead atoms. The third-order valence-electron chi connectivity index (χ3n) is 5.27. The van der Waals surface area contributed by atoms with Crippen molar-refractivity contribution in [2.75, 3.05) is 33.9 Å². The predicted molar refractivity (Wildman–Crippen MR) is 113 cm³/mol. The predicted octanol–water partition coefficient (Wildman–Crippen LogP) is 2.75. The maximum absolute atomic E-state index is 12.1. The second kappa shape index (κ2) is 11.3. The molecule has 1 unspecified atom stereocenters. The Morgan fingerprint density at radius 2 is 2.11 bits per heavy atom. The zero-order valence-corrected chi connectivity index (χ0v) is 17.9. The first-order valence-corrected chi connectivity index (χ1v) is 9.39. The molecule has 0 saturated carbocycles. The van der Waals surface area contributed by atoms with Gasteiger partial charge in [-0.3, -0.25) is 0 Å². The highest BCUT2D eigenvalue weighted by Crippen LogP contribution is 2.37. The molecule has 1 amide bonds. The van der Waals surface area contributed by atoms with Crippen molar-refractivity contribution < 1.29 is 24.2 Å². The van der Waals surface area contributed by atoms with Crippen LogP contribution in [-0.2, 0) is 14.9 Å². The van der Waals surface area contributed by atoms with Crippen molar-refractivity contribution in [2.24, 2.45) is 0 Å². The number of carboxylic acid groups (broad SMARTS) is 1. The van der Waals surface area contributed by atoms with Gasteiger partial charge >= 0.3 is 12.1 Å². The number of likely N-dealkylation sites (tertiary alicyclic amines) is 1. The van der Waals surface area contributed by atoms with Crippen LogP contribution in [0.1, 0.15) is 38.2 Å². The molecular weight excluding hydrogens is 380 g/mol. The van der Waals surface area contributed by atoms with Gasteiger partial charge in [-0.05, 0) is 50.6 Å². The monoisotopic (exact) mass is 412 g/mol. The van der Waals surface area contributed by atoms with E-state index in [2.05, 4.69) is 30.3 Å². The van der Waals surface area contributed by atoms with Gasteiger partial charge in [0.15, 0.2) is 6.04 Å². The van der Waals surface area contributed by atoms with Crippen molar-refractivity contribution in [3.63, 3.8) is 0 Å². The lowest BCUT2D eigenvalue weighted by atomic mass is 9.74. The second-order valence-electron chi connectivity index (χ2n) is 7.24. The molecule has 2 N–H and O–H groups in total. The lowest BCUT2D eigenvalue weighted by Gasteiger charge is -2.35. The molecule has 0 radical (unpaired) electrons. The quantitative estimate of drug-likeness (QED) is 0.716. The SMILES string of the molecule is CCC1(c2cccc(OC(=O)N[C@@H](COC)C(=O)O)c2)CCCCN(C)C1.S. The first kappa shape index (κ1) is 24.3. The van der Waals surface area contributed by atoms with E-state index in [-0.39, 0.29) is 25.5 Å². The Bertz CT molecular complexity index is 657. The molecule has 1 heterocycles. The first-order valence-electron chi connectivity index (χ1n) is 9.39. The van der Waals surface area contributed by atoms with Gasteiger partial charge in [0.25, 0.3) is 0 Å². The van der Waals surface area contributed by atoms with Crippen molar-refractivity contribution in [1.82, 2.24) is 10.2 Å². The Labute approximate surface area is 173 Å². The van der Waals surface area contributed by atoms with Crippen LogP contribution in [0.2, 0.25) is 0 Å². The van der Waals surface area contributed by atoms with E-state index in [4.69, 9.17) is 14.6 Å². The minimum absolute atomic E-state index is 0. The number of amides is 1. The average Bonchev–Trinajstić information content (AvgIpc) is 2.83. The number of hydrogen-bond donors (Lipinski definition) is 2. The minimum atomic E-state index is -1.17. The molecular formula is C20H32N2O5S. The van der Waals surface area contributed by atoms with Crippen LogP contribution in [0.3, 0.4) is 0 Å². The zero-order valence-electron chi connectivity index (χ0n) is 16.9. The highest BCUT2D eigenvalue weighted by atomic mass is 32.1. The summed E-state index contributed by atoms with van der Waals surface area (Å²) >= 11 is 0. The fraction of sp³-hybridized carbons (Fsp3) is 0.600. The molecule has 1 saturated heterocycles. The number of carboxylic acids is 1. The fourth-order valence-corrected chi connectivity index (χ4v) is 3.76. The Morgan fingerprint density at radius 3 is 2.75 bits per heavy atom. The van der Waals surface area contributed by atoms with Crippen LogP contribution in [0.5, 0.6) is 5.75 Å². The molecule has 28 heavy (non-hydrogen) atoms. The summed E-state index contributed by atoms with van der Waals surface area (Å²) in [5, 5.41) is 11.4.